The summed E-state index contributed by atoms with van der Waals surface area (Å²) in [5, 5.41) is 0. The maximum Gasteiger partial charge on any atom is 0.472 e. The summed E-state index contributed by atoms with van der Waals surface area (Å²) in [6.07, 6.45) is 39.1. The number of allylic oxidation sites excluding steroid dienone is 6. The molecule has 0 aliphatic rings. The molecule has 0 amide bonds. The van der Waals surface area contributed by atoms with Gasteiger partial charge in [0, 0.05) is 12.8 Å². The predicted octanol–water partition coefficient (Wildman–Crippen LogP) is 11.7. The van der Waals surface area contributed by atoms with Gasteiger partial charge in [-0.15, -0.1) is 0 Å². The van der Waals surface area contributed by atoms with E-state index in [1.165, 1.54) is 83.5 Å². The summed E-state index contributed by atoms with van der Waals surface area (Å²) in [6.45, 7) is 4.27. The van der Waals surface area contributed by atoms with E-state index in [0.717, 1.165) is 57.8 Å². The topological polar surface area (TPSA) is 108 Å². The van der Waals surface area contributed by atoms with E-state index in [2.05, 4.69) is 50.3 Å². The van der Waals surface area contributed by atoms with Crippen molar-refractivity contribution in [3.63, 3.8) is 0 Å². The molecule has 0 spiro atoms. The van der Waals surface area contributed by atoms with E-state index in [1.807, 2.05) is 21.1 Å². The van der Waals surface area contributed by atoms with Crippen LogP contribution in [0.15, 0.2) is 36.5 Å². The maximum atomic E-state index is 12.6. The third-order valence-electron chi connectivity index (χ3n) is 8.93. The fraction of sp³-hybridized carbons (Fsp3) is 0.814. The highest BCUT2D eigenvalue weighted by molar-refractivity contribution is 7.47. The number of esters is 2. The van der Waals surface area contributed by atoms with Gasteiger partial charge in [-0.2, -0.15) is 0 Å². The lowest BCUT2D eigenvalue weighted by Gasteiger charge is -2.24. The fourth-order valence-electron chi connectivity index (χ4n) is 5.62. The summed E-state index contributed by atoms with van der Waals surface area (Å²) in [5.41, 5.74) is 0. The van der Waals surface area contributed by atoms with Crippen LogP contribution in [0.25, 0.3) is 0 Å². The first-order valence-electron chi connectivity index (χ1n) is 21.2. The van der Waals surface area contributed by atoms with E-state index in [1.54, 1.807) is 0 Å². The molecule has 2 atom stereocenters. The van der Waals surface area contributed by atoms with Crippen molar-refractivity contribution in [1.82, 2.24) is 0 Å². The number of quaternary nitrogens is 1. The molecule has 0 aromatic heterocycles. The van der Waals surface area contributed by atoms with Gasteiger partial charge in [0.2, 0.25) is 0 Å². The van der Waals surface area contributed by atoms with Gasteiger partial charge < -0.3 is 18.9 Å². The smallest absolute Gasteiger partial charge is 0.462 e. The summed E-state index contributed by atoms with van der Waals surface area (Å²) in [5.74, 6) is -0.830. The first-order valence-corrected chi connectivity index (χ1v) is 22.7. The minimum atomic E-state index is -4.38. The number of unbranched alkanes of at least 4 members (excludes halogenated alkanes) is 18. The third kappa shape index (κ3) is 39.7. The number of phosphoric ester groups is 1. The standard InChI is InChI=1S/C43H80NO8P/c1-6-8-10-12-14-16-18-20-21-22-24-25-27-29-31-33-35-42(45)49-39-41(40-51-53(47,48)50-38-37-44(3,4)5)52-43(46)36-34-32-30-28-26-23-19-17-15-13-11-9-7-2/h9,11,15,17,23,26,41H,6-8,10,12-14,16,18-22,24-25,27-40H2,1-5H3/p+1/b11-9-,17-15-,26-23-. The summed E-state index contributed by atoms with van der Waals surface area (Å²) in [4.78, 5) is 35.3. The van der Waals surface area contributed by atoms with Crippen LogP contribution < -0.4 is 0 Å². The van der Waals surface area contributed by atoms with E-state index in [4.69, 9.17) is 18.5 Å². The van der Waals surface area contributed by atoms with E-state index in [0.29, 0.717) is 17.4 Å². The van der Waals surface area contributed by atoms with Gasteiger partial charge in [0.15, 0.2) is 6.10 Å². The Labute approximate surface area is 325 Å². The van der Waals surface area contributed by atoms with Crippen molar-refractivity contribution in [2.45, 2.75) is 180 Å². The van der Waals surface area contributed by atoms with Crippen LogP contribution in [0.2, 0.25) is 0 Å². The molecule has 2 unspecified atom stereocenters. The molecule has 0 aliphatic heterocycles. The number of rotatable bonds is 38. The highest BCUT2D eigenvalue weighted by atomic mass is 31.2. The van der Waals surface area contributed by atoms with Crippen molar-refractivity contribution in [3.05, 3.63) is 36.5 Å². The normalized spacial score (nSPS) is 14.0. The summed E-state index contributed by atoms with van der Waals surface area (Å²) in [6, 6.07) is 0. The lowest BCUT2D eigenvalue weighted by Crippen LogP contribution is -2.37. The molecule has 0 rings (SSSR count). The quantitative estimate of drug-likeness (QED) is 0.0217. The Morgan fingerprint density at radius 3 is 1.60 bits per heavy atom. The third-order valence-corrected chi connectivity index (χ3v) is 9.92. The molecule has 0 bridgehead atoms. The van der Waals surface area contributed by atoms with Gasteiger partial charge in [0.05, 0.1) is 27.7 Å². The molecule has 0 radical (unpaired) electrons. The molecule has 0 aromatic carbocycles. The van der Waals surface area contributed by atoms with Crippen LogP contribution in [0, 0.1) is 0 Å². The molecule has 10 heteroatoms. The number of nitrogens with zero attached hydrogens (tertiary/aromatic N) is 1. The molecule has 0 saturated carbocycles. The Hall–Kier alpha value is -1.77. The Kier molecular flexibility index (Phi) is 34.7. The van der Waals surface area contributed by atoms with Gasteiger partial charge in [-0.05, 0) is 44.9 Å². The largest absolute Gasteiger partial charge is 0.472 e. The second-order valence-corrected chi connectivity index (χ2v) is 16.8. The van der Waals surface area contributed by atoms with Crippen molar-refractivity contribution >= 4 is 19.8 Å². The molecule has 0 aliphatic carbocycles. The Morgan fingerprint density at radius 1 is 0.604 bits per heavy atom. The monoisotopic (exact) mass is 771 g/mol. The van der Waals surface area contributed by atoms with Crippen LogP contribution >= 0.6 is 7.82 Å². The van der Waals surface area contributed by atoms with E-state index in [-0.39, 0.29) is 32.0 Å². The van der Waals surface area contributed by atoms with Crippen molar-refractivity contribution in [2.75, 3.05) is 47.5 Å². The lowest BCUT2D eigenvalue weighted by molar-refractivity contribution is -0.870. The first kappa shape index (κ1) is 51.2. The highest BCUT2D eigenvalue weighted by Crippen LogP contribution is 2.43. The zero-order valence-corrected chi connectivity index (χ0v) is 35.6. The number of carbonyl (C=O) groups is 2. The van der Waals surface area contributed by atoms with E-state index >= 15 is 0 Å². The Morgan fingerprint density at radius 2 is 1.08 bits per heavy atom. The van der Waals surface area contributed by atoms with Gasteiger partial charge in [-0.1, -0.05) is 153 Å². The molecular weight excluding hydrogens is 689 g/mol. The Balaban J connectivity index is 4.39. The second kappa shape index (κ2) is 35.9. The van der Waals surface area contributed by atoms with Crippen molar-refractivity contribution < 1.29 is 42.1 Å². The van der Waals surface area contributed by atoms with Crippen LogP contribution in [0.3, 0.4) is 0 Å². The second-order valence-electron chi connectivity index (χ2n) is 15.4. The molecule has 1 N–H and O–H groups in total. The lowest BCUT2D eigenvalue weighted by atomic mass is 10.0. The molecule has 0 fully saturated rings. The van der Waals surface area contributed by atoms with Gasteiger partial charge in [-0.3, -0.25) is 18.6 Å². The average Bonchev–Trinajstić information content (AvgIpc) is 3.10. The summed E-state index contributed by atoms with van der Waals surface area (Å²) in [7, 11) is 1.46. The van der Waals surface area contributed by atoms with Crippen molar-refractivity contribution in [3.8, 4) is 0 Å². The molecule has 0 saturated heterocycles. The number of phosphoric acid groups is 1. The van der Waals surface area contributed by atoms with Crippen molar-refractivity contribution in [2.24, 2.45) is 0 Å². The number of likely N-dealkylation sites (N-methyl/N-ethyl adjacent to an activating group) is 1. The van der Waals surface area contributed by atoms with Crippen molar-refractivity contribution in [1.29, 1.82) is 0 Å². The molecular formula is C43H81NO8P+. The van der Waals surface area contributed by atoms with Crippen LogP contribution in [0.1, 0.15) is 174 Å². The molecule has 310 valence electrons. The average molecular weight is 771 g/mol. The van der Waals surface area contributed by atoms with Gasteiger partial charge >= 0.3 is 19.8 Å². The number of hydrogen-bond donors (Lipinski definition) is 1. The highest BCUT2D eigenvalue weighted by Gasteiger charge is 2.27. The molecule has 9 nitrogen and oxygen atoms in total. The van der Waals surface area contributed by atoms with Crippen LogP contribution in [-0.4, -0.2) is 74.9 Å². The minimum absolute atomic E-state index is 0.0263. The summed E-state index contributed by atoms with van der Waals surface area (Å²) < 4.78 is 34.2. The molecule has 53 heavy (non-hydrogen) atoms. The minimum Gasteiger partial charge on any atom is -0.462 e. The summed E-state index contributed by atoms with van der Waals surface area (Å²) >= 11 is 0. The van der Waals surface area contributed by atoms with Crippen LogP contribution in [-0.2, 0) is 32.7 Å². The molecule has 0 heterocycles. The van der Waals surface area contributed by atoms with E-state index < -0.39 is 26.5 Å². The van der Waals surface area contributed by atoms with E-state index in [9.17, 15) is 19.0 Å². The zero-order valence-electron chi connectivity index (χ0n) is 34.7. The Bertz CT molecular complexity index is 1010. The molecule has 0 aromatic rings. The van der Waals surface area contributed by atoms with Gasteiger partial charge in [-0.25, -0.2) is 4.57 Å². The predicted molar refractivity (Wildman–Crippen MR) is 220 cm³/mol. The number of ether oxygens (including phenoxy) is 2. The van der Waals surface area contributed by atoms with Crippen LogP contribution in [0.4, 0.5) is 0 Å². The first-order chi connectivity index (χ1) is 25.5. The van der Waals surface area contributed by atoms with Gasteiger partial charge in [0.25, 0.3) is 0 Å². The van der Waals surface area contributed by atoms with Crippen LogP contribution in [0.5, 0.6) is 0 Å². The van der Waals surface area contributed by atoms with Gasteiger partial charge in [0.1, 0.15) is 19.8 Å². The zero-order chi connectivity index (χ0) is 39.3. The fourth-order valence-corrected chi connectivity index (χ4v) is 6.36. The maximum absolute atomic E-state index is 12.6. The number of carbonyl (C=O) groups excluding carboxylic acids is 2. The number of hydrogen-bond acceptors (Lipinski definition) is 7. The SMILES string of the molecule is CC/C=C\C/C=C\C/C=C\CCCCCC(=O)OC(COC(=O)CCCCCCCCCCCCCCCCCC)COP(=O)(O)OCC[N+](C)(C)C.